The lowest BCUT2D eigenvalue weighted by Gasteiger charge is -2.22. The Kier molecular flexibility index (Phi) is 5.00. The summed E-state index contributed by atoms with van der Waals surface area (Å²) < 4.78 is 10.7. The summed E-state index contributed by atoms with van der Waals surface area (Å²) in [6.45, 7) is 0.425. The Bertz CT molecular complexity index is 1180. The molecule has 0 saturated carbocycles. The highest BCUT2D eigenvalue weighted by molar-refractivity contribution is 6.31. The van der Waals surface area contributed by atoms with Gasteiger partial charge in [-0.25, -0.2) is 4.79 Å². The lowest BCUT2D eigenvalue weighted by molar-refractivity contribution is 0.0713. The van der Waals surface area contributed by atoms with Crippen LogP contribution in [0.25, 0.3) is 11.0 Å². The molecule has 6 heteroatoms. The Balaban J connectivity index is 1.73. The molecule has 2 heterocycles. The van der Waals surface area contributed by atoms with Crippen molar-refractivity contribution in [2.45, 2.75) is 13.1 Å². The Morgan fingerprint density at radius 1 is 0.964 bits per heavy atom. The van der Waals surface area contributed by atoms with Gasteiger partial charge in [-0.3, -0.25) is 4.79 Å². The topological polar surface area (TPSA) is 63.7 Å². The summed E-state index contributed by atoms with van der Waals surface area (Å²) in [5, 5.41) is 1.23. The molecule has 5 nitrogen and oxygen atoms in total. The molecule has 0 radical (unpaired) electrons. The molecule has 0 spiro atoms. The molecule has 2 aromatic carbocycles. The van der Waals surface area contributed by atoms with Gasteiger partial charge in [0.15, 0.2) is 0 Å². The van der Waals surface area contributed by atoms with Crippen molar-refractivity contribution in [3.05, 3.63) is 105 Å². The van der Waals surface area contributed by atoms with E-state index < -0.39 is 11.5 Å². The van der Waals surface area contributed by atoms with E-state index in [-0.39, 0.29) is 18.7 Å². The number of carbonyl (C=O) groups excluding carboxylic acids is 1. The largest absolute Gasteiger partial charge is 0.467 e. The molecule has 0 aliphatic carbocycles. The van der Waals surface area contributed by atoms with Gasteiger partial charge in [0, 0.05) is 17.0 Å². The van der Waals surface area contributed by atoms with Crippen molar-refractivity contribution in [2.24, 2.45) is 0 Å². The number of furan rings is 1. The molecule has 0 fully saturated rings. The van der Waals surface area contributed by atoms with E-state index in [4.69, 9.17) is 20.4 Å². The normalized spacial score (nSPS) is 10.9. The predicted molar refractivity (Wildman–Crippen MR) is 106 cm³/mol. The van der Waals surface area contributed by atoms with Crippen LogP contribution in [0.2, 0.25) is 5.02 Å². The Hall–Kier alpha value is -3.31. The molecule has 1 amide bonds. The van der Waals surface area contributed by atoms with E-state index >= 15 is 0 Å². The van der Waals surface area contributed by atoms with Crippen LogP contribution in [-0.2, 0) is 13.1 Å². The van der Waals surface area contributed by atoms with Crippen LogP contribution in [0.4, 0.5) is 0 Å². The van der Waals surface area contributed by atoms with Crippen LogP contribution >= 0.6 is 11.6 Å². The van der Waals surface area contributed by atoms with Crippen LogP contribution in [0.5, 0.6) is 0 Å². The molecule has 0 aliphatic heterocycles. The van der Waals surface area contributed by atoms with Crippen molar-refractivity contribution in [3.63, 3.8) is 0 Å². The first-order valence-corrected chi connectivity index (χ1v) is 9.07. The number of benzene rings is 2. The third-order valence-corrected chi connectivity index (χ3v) is 4.77. The number of amides is 1. The van der Waals surface area contributed by atoms with Crippen LogP contribution < -0.4 is 5.63 Å². The number of carbonyl (C=O) groups is 1. The number of rotatable bonds is 5. The standard InChI is InChI=1S/C22H16ClNO4/c23-19-9-3-1-7-16(19)13-24(14-17-8-5-11-27-17)21(25)18-12-15-6-2-4-10-20(15)28-22(18)26/h1-12H,13-14H2. The maximum Gasteiger partial charge on any atom is 0.349 e. The average Bonchev–Trinajstić information content (AvgIpc) is 3.21. The van der Waals surface area contributed by atoms with Gasteiger partial charge in [0.05, 0.1) is 12.8 Å². The van der Waals surface area contributed by atoms with Gasteiger partial charge in [0.25, 0.3) is 5.91 Å². The van der Waals surface area contributed by atoms with Crippen molar-refractivity contribution in [1.29, 1.82) is 0 Å². The van der Waals surface area contributed by atoms with Crippen LogP contribution in [0.3, 0.4) is 0 Å². The molecule has 0 bridgehead atoms. The molecule has 0 aliphatic rings. The Labute approximate surface area is 165 Å². The van der Waals surface area contributed by atoms with Gasteiger partial charge in [0.2, 0.25) is 0 Å². The summed E-state index contributed by atoms with van der Waals surface area (Å²) >= 11 is 6.27. The summed E-state index contributed by atoms with van der Waals surface area (Å²) in [4.78, 5) is 27.2. The summed E-state index contributed by atoms with van der Waals surface area (Å²) in [5.74, 6) is 0.154. The summed E-state index contributed by atoms with van der Waals surface area (Å²) in [6.07, 6.45) is 1.54. The minimum absolute atomic E-state index is 0.0303. The Morgan fingerprint density at radius 3 is 2.54 bits per heavy atom. The number of para-hydroxylation sites is 1. The quantitative estimate of drug-likeness (QED) is 0.453. The summed E-state index contributed by atoms with van der Waals surface area (Å²) in [5.41, 5.74) is 0.506. The van der Waals surface area contributed by atoms with Crippen molar-refractivity contribution in [2.75, 3.05) is 0 Å². The van der Waals surface area contributed by atoms with E-state index in [1.807, 2.05) is 24.3 Å². The number of halogens is 1. The molecule has 2 aromatic heterocycles. The lowest BCUT2D eigenvalue weighted by atomic mass is 10.1. The maximum absolute atomic E-state index is 13.2. The van der Waals surface area contributed by atoms with Crippen molar-refractivity contribution >= 4 is 28.5 Å². The highest BCUT2D eigenvalue weighted by Gasteiger charge is 2.22. The van der Waals surface area contributed by atoms with Gasteiger partial charge >= 0.3 is 5.63 Å². The molecular weight excluding hydrogens is 378 g/mol. The molecule has 0 unspecified atom stereocenters. The molecule has 28 heavy (non-hydrogen) atoms. The highest BCUT2D eigenvalue weighted by Crippen LogP contribution is 2.21. The van der Waals surface area contributed by atoms with Crippen molar-refractivity contribution in [3.8, 4) is 0 Å². The summed E-state index contributed by atoms with van der Waals surface area (Å²) in [6, 6.07) is 19.4. The second-order valence-corrected chi connectivity index (χ2v) is 6.72. The Morgan fingerprint density at radius 2 is 1.75 bits per heavy atom. The van der Waals surface area contributed by atoms with Gasteiger partial charge in [-0.2, -0.15) is 0 Å². The van der Waals surface area contributed by atoms with Gasteiger partial charge < -0.3 is 13.7 Å². The average molecular weight is 394 g/mol. The van der Waals surface area contributed by atoms with E-state index in [2.05, 4.69) is 0 Å². The minimum atomic E-state index is -0.674. The fourth-order valence-corrected chi connectivity index (χ4v) is 3.20. The van der Waals surface area contributed by atoms with Crippen molar-refractivity contribution < 1.29 is 13.6 Å². The van der Waals surface area contributed by atoms with Crippen molar-refractivity contribution in [1.82, 2.24) is 4.90 Å². The van der Waals surface area contributed by atoms with E-state index in [0.717, 1.165) is 5.56 Å². The van der Waals surface area contributed by atoms with Gasteiger partial charge in [-0.15, -0.1) is 0 Å². The molecule has 0 atom stereocenters. The van der Waals surface area contributed by atoms with Gasteiger partial charge in [-0.1, -0.05) is 48.0 Å². The van der Waals surface area contributed by atoms with E-state index in [1.165, 1.54) is 11.2 Å². The van der Waals surface area contributed by atoms with Crippen LogP contribution in [0, 0.1) is 0 Å². The second-order valence-electron chi connectivity index (χ2n) is 6.32. The zero-order valence-electron chi connectivity index (χ0n) is 14.8. The van der Waals surface area contributed by atoms with Gasteiger partial charge in [-0.05, 0) is 35.9 Å². The van der Waals surface area contributed by atoms with E-state index in [0.29, 0.717) is 21.8 Å². The van der Waals surface area contributed by atoms with Gasteiger partial charge in [0.1, 0.15) is 16.9 Å². The molecule has 4 rings (SSSR count). The maximum atomic E-state index is 13.2. The monoisotopic (exact) mass is 393 g/mol. The molecule has 0 N–H and O–H groups in total. The third-order valence-electron chi connectivity index (χ3n) is 4.40. The predicted octanol–water partition coefficient (Wildman–Crippen LogP) is 4.88. The SMILES string of the molecule is O=C(c1cc2ccccc2oc1=O)N(Cc1ccco1)Cc1ccccc1Cl. The minimum Gasteiger partial charge on any atom is -0.467 e. The number of fused-ring (bicyclic) bond motifs is 1. The van der Waals surface area contributed by atoms with Crippen LogP contribution in [0.1, 0.15) is 21.7 Å². The second kappa shape index (κ2) is 7.74. The zero-order chi connectivity index (χ0) is 19.5. The van der Waals surface area contributed by atoms with Crippen LogP contribution in [0.15, 0.2) is 86.6 Å². The molecular formula is C22H16ClNO4. The third kappa shape index (κ3) is 3.70. The van der Waals surface area contributed by atoms with Crippen LogP contribution in [-0.4, -0.2) is 10.8 Å². The first kappa shape index (κ1) is 18.1. The van der Waals surface area contributed by atoms with E-state index in [9.17, 15) is 9.59 Å². The molecule has 140 valence electrons. The fourth-order valence-electron chi connectivity index (χ4n) is 3.00. The zero-order valence-corrected chi connectivity index (χ0v) is 15.6. The number of hydrogen-bond acceptors (Lipinski definition) is 4. The highest BCUT2D eigenvalue weighted by atomic mass is 35.5. The molecule has 0 saturated heterocycles. The molecule has 4 aromatic rings. The number of hydrogen-bond donors (Lipinski definition) is 0. The first-order chi connectivity index (χ1) is 13.6. The van der Waals surface area contributed by atoms with E-state index in [1.54, 1.807) is 42.5 Å². The smallest absolute Gasteiger partial charge is 0.349 e. The number of nitrogens with zero attached hydrogens (tertiary/aromatic N) is 1. The summed E-state index contributed by atoms with van der Waals surface area (Å²) in [7, 11) is 0. The first-order valence-electron chi connectivity index (χ1n) is 8.70. The lowest BCUT2D eigenvalue weighted by Crippen LogP contribution is -2.33. The fraction of sp³-hybridized carbons (Fsp3) is 0.0909.